The summed E-state index contributed by atoms with van der Waals surface area (Å²) in [6.45, 7) is 0. The Kier molecular flexibility index (Phi) is 10.8. The van der Waals surface area contributed by atoms with Crippen LogP contribution in [0.1, 0.15) is 0 Å². The van der Waals surface area contributed by atoms with Crippen molar-refractivity contribution in [2.45, 2.75) is 0 Å². The van der Waals surface area contributed by atoms with Crippen molar-refractivity contribution in [3.63, 3.8) is 0 Å². The van der Waals surface area contributed by atoms with Crippen LogP contribution in [0.25, 0.3) is 55.6 Å². The van der Waals surface area contributed by atoms with Crippen molar-refractivity contribution in [3.05, 3.63) is 267 Å². The van der Waals surface area contributed by atoms with E-state index >= 15 is 0 Å². The van der Waals surface area contributed by atoms with Crippen molar-refractivity contribution < 1.29 is 0 Å². The van der Waals surface area contributed by atoms with Gasteiger partial charge in [0.1, 0.15) is 0 Å². The van der Waals surface area contributed by atoms with E-state index in [2.05, 4.69) is 277 Å². The normalized spacial score (nSPS) is 10.9. The average Bonchev–Trinajstić information content (AvgIpc) is 3.36. The summed E-state index contributed by atoms with van der Waals surface area (Å²) in [7, 11) is 0. The molecular weight excluding hydrogens is 749 g/mol. The first-order valence-electron chi connectivity index (χ1n) is 21.2. The van der Waals surface area contributed by atoms with Crippen LogP contribution in [0.2, 0.25) is 0 Å². The number of anilines is 6. The van der Waals surface area contributed by atoms with Gasteiger partial charge in [0, 0.05) is 34.1 Å². The predicted molar refractivity (Wildman–Crippen MR) is 263 cm³/mol. The van der Waals surface area contributed by atoms with Gasteiger partial charge in [-0.2, -0.15) is 0 Å². The van der Waals surface area contributed by atoms with Gasteiger partial charge < -0.3 is 9.80 Å². The second-order valence-corrected chi connectivity index (χ2v) is 15.4. The number of hydrogen-bond acceptors (Lipinski definition) is 2. The van der Waals surface area contributed by atoms with E-state index in [0.717, 1.165) is 45.3 Å². The van der Waals surface area contributed by atoms with E-state index in [1.54, 1.807) is 0 Å². The molecule has 0 spiro atoms. The SMILES string of the molecule is c1ccc(-c2ccc(-c3ccc(N(c4ccccc4)c4ccc(-c5ccc(N(c6ccc(-c7ccccc7)cc6)c6ccc(-c7ccccc7)cc6)cc5)cc4)cc3)cc2)cc1. The van der Waals surface area contributed by atoms with Crippen molar-refractivity contribution >= 4 is 34.1 Å². The van der Waals surface area contributed by atoms with Gasteiger partial charge in [0.15, 0.2) is 0 Å². The molecule has 0 unspecified atom stereocenters. The van der Waals surface area contributed by atoms with Gasteiger partial charge in [-0.25, -0.2) is 0 Å². The Labute approximate surface area is 364 Å². The maximum absolute atomic E-state index is 2.33. The van der Waals surface area contributed by atoms with E-state index in [4.69, 9.17) is 0 Å². The molecule has 0 fully saturated rings. The molecule has 0 atom stereocenters. The number of benzene rings is 10. The Hall–Kier alpha value is -8.20. The summed E-state index contributed by atoms with van der Waals surface area (Å²) in [5.74, 6) is 0. The van der Waals surface area contributed by atoms with Gasteiger partial charge in [0.05, 0.1) is 0 Å². The first kappa shape index (κ1) is 38.0. The molecule has 294 valence electrons. The van der Waals surface area contributed by atoms with Gasteiger partial charge in [-0.05, 0) is 128 Å². The minimum absolute atomic E-state index is 1.09. The van der Waals surface area contributed by atoms with Crippen molar-refractivity contribution in [2.24, 2.45) is 0 Å². The Bertz CT molecular complexity index is 2880. The summed E-state index contributed by atoms with van der Waals surface area (Å²) in [6.07, 6.45) is 0. The largest absolute Gasteiger partial charge is 0.311 e. The molecule has 10 rings (SSSR count). The fourth-order valence-electron chi connectivity index (χ4n) is 8.23. The van der Waals surface area contributed by atoms with Gasteiger partial charge in [-0.15, -0.1) is 0 Å². The van der Waals surface area contributed by atoms with Gasteiger partial charge >= 0.3 is 0 Å². The minimum atomic E-state index is 1.09. The topological polar surface area (TPSA) is 6.48 Å². The standard InChI is InChI=1S/C60H44N2/c1-5-13-45(14-6-1)48-21-23-49(24-22-48)52-29-39-56(40-30-52)61(55-19-11-4-12-20-55)57-41-31-53(32-42-57)54-33-43-60(44-34-54)62(58-35-25-50(26-36-58)46-15-7-2-8-16-46)59-37-27-51(28-38-59)47-17-9-3-10-18-47/h1-44H. The fraction of sp³-hybridized carbons (Fsp3) is 0. The Balaban J connectivity index is 0.922. The van der Waals surface area contributed by atoms with Gasteiger partial charge in [-0.3, -0.25) is 0 Å². The van der Waals surface area contributed by atoms with Crippen LogP contribution >= 0.6 is 0 Å². The Morgan fingerprint density at radius 3 is 0.484 bits per heavy atom. The lowest BCUT2D eigenvalue weighted by molar-refractivity contribution is 1.28. The molecule has 10 aromatic carbocycles. The van der Waals surface area contributed by atoms with E-state index < -0.39 is 0 Å². The van der Waals surface area contributed by atoms with E-state index in [1.165, 1.54) is 44.5 Å². The number of rotatable bonds is 11. The zero-order valence-corrected chi connectivity index (χ0v) is 34.3. The molecule has 0 heterocycles. The molecular formula is C60H44N2. The summed E-state index contributed by atoms with van der Waals surface area (Å²) in [4.78, 5) is 4.65. The second kappa shape index (κ2) is 17.6. The molecule has 2 heteroatoms. The fourth-order valence-corrected chi connectivity index (χ4v) is 8.23. The third-order valence-corrected chi connectivity index (χ3v) is 11.5. The van der Waals surface area contributed by atoms with Crippen LogP contribution in [0.5, 0.6) is 0 Å². The van der Waals surface area contributed by atoms with E-state index in [0.29, 0.717) is 0 Å². The highest BCUT2D eigenvalue weighted by atomic mass is 15.1. The number of hydrogen-bond donors (Lipinski definition) is 0. The lowest BCUT2D eigenvalue weighted by Crippen LogP contribution is -2.10. The highest BCUT2D eigenvalue weighted by Crippen LogP contribution is 2.40. The molecule has 0 bridgehead atoms. The highest BCUT2D eigenvalue weighted by Gasteiger charge is 2.16. The van der Waals surface area contributed by atoms with E-state index in [-0.39, 0.29) is 0 Å². The van der Waals surface area contributed by atoms with Crippen molar-refractivity contribution in [1.29, 1.82) is 0 Å². The van der Waals surface area contributed by atoms with Crippen LogP contribution < -0.4 is 9.80 Å². The Morgan fingerprint density at radius 2 is 0.274 bits per heavy atom. The van der Waals surface area contributed by atoms with Crippen LogP contribution in [-0.4, -0.2) is 0 Å². The van der Waals surface area contributed by atoms with Crippen LogP contribution in [0, 0.1) is 0 Å². The molecule has 0 saturated heterocycles. The van der Waals surface area contributed by atoms with E-state index in [9.17, 15) is 0 Å². The second-order valence-electron chi connectivity index (χ2n) is 15.4. The lowest BCUT2D eigenvalue weighted by Gasteiger charge is -2.26. The summed E-state index contributed by atoms with van der Waals surface area (Å²) < 4.78 is 0. The van der Waals surface area contributed by atoms with Crippen LogP contribution in [0.3, 0.4) is 0 Å². The quantitative estimate of drug-likeness (QED) is 0.129. The van der Waals surface area contributed by atoms with Gasteiger partial charge in [0.25, 0.3) is 0 Å². The number of para-hydroxylation sites is 1. The first-order valence-corrected chi connectivity index (χ1v) is 21.2. The smallest absolute Gasteiger partial charge is 0.0462 e. The molecule has 2 nitrogen and oxygen atoms in total. The molecule has 0 aliphatic carbocycles. The predicted octanol–water partition coefficient (Wildman–Crippen LogP) is 17.0. The zero-order valence-electron chi connectivity index (χ0n) is 34.3. The summed E-state index contributed by atoms with van der Waals surface area (Å²) in [5, 5.41) is 0. The van der Waals surface area contributed by atoms with Crippen LogP contribution in [-0.2, 0) is 0 Å². The molecule has 0 saturated carbocycles. The van der Waals surface area contributed by atoms with Gasteiger partial charge in [-0.1, -0.05) is 194 Å². The molecule has 0 aromatic heterocycles. The number of nitrogens with zero attached hydrogens (tertiary/aromatic N) is 2. The van der Waals surface area contributed by atoms with Crippen molar-refractivity contribution in [1.82, 2.24) is 0 Å². The average molecular weight is 793 g/mol. The third kappa shape index (κ3) is 8.18. The monoisotopic (exact) mass is 792 g/mol. The van der Waals surface area contributed by atoms with Crippen LogP contribution in [0.15, 0.2) is 267 Å². The zero-order chi connectivity index (χ0) is 41.5. The van der Waals surface area contributed by atoms with E-state index in [1.807, 2.05) is 0 Å². The van der Waals surface area contributed by atoms with Crippen LogP contribution in [0.4, 0.5) is 34.1 Å². The molecule has 62 heavy (non-hydrogen) atoms. The molecule has 0 radical (unpaired) electrons. The maximum Gasteiger partial charge on any atom is 0.0462 e. The van der Waals surface area contributed by atoms with Crippen molar-refractivity contribution in [3.8, 4) is 55.6 Å². The molecule has 0 amide bonds. The first-order chi connectivity index (χ1) is 30.7. The van der Waals surface area contributed by atoms with Gasteiger partial charge in [0.2, 0.25) is 0 Å². The maximum atomic E-state index is 2.33. The molecule has 0 aliphatic heterocycles. The summed E-state index contributed by atoms with van der Waals surface area (Å²) >= 11 is 0. The Morgan fingerprint density at radius 1 is 0.129 bits per heavy atom. The van der Waals surface area contributed by atoms with Crippen molar-refractivity contribution in [2.75, 3.05) is 9.80 Å². The minimum Gasteiger partial charge on any atom is -0.311 e. The summed E-state index contributed by atoms with van der Waals surface area (Å²) in [6, 6.07) is 95.5. The lowest BCUT2D eigenvalue weighted by atomic mass is 10.00. The molecule has 0 N–H and O–H groups in total. The molecule has 0 aliphatic rings. The highest BCUT2D eigenvalue weighted by molar-refractivity contribution is 5.83. The third-order valence-electron chi connectivity index (χ3n) is 11.5. The summed E-state index contributed by atoms with van der Waals surface area (Å²) in [5.41, 5.74) is 18.6. The molecule has 10 aromatic rings.